The fourth-order valence-electron chi connectivity index (χ4n) is 2.46. The van der Waals surface area contributed by atoms with Gasteiger partial charge in [-0.3, -0.25) is 0 Å². The lowest BCUT2D eigenvalue weighted by Gasteiger charge is -2.14. The summed E-state index contributed by atoms with van der Waals surface area (Å²) < 4.78 is 7.54. The zero-order valence-electron chi connectivity index (χ0n) is 12.0. The molecule has 104 valence electrons. The number of anilines is 1. The van der Waals surface area contributed by atoms with Gasteiger partial charge in [0.05, 0.1) is 17.6 Å². The maximum absolute atomic E-state index is 5.84. The number of nitrogens with zero attached hydrogens (tertiary/aromatic N) is 2. The van der Waals surface area contributed by atoms with Gasteiger partial charge >= 0.3 is 0 Å². The van der Waals surface area contributed by atoms with E-state index in [1.807, 2.05) is 12.1 Å². The van der Waals surface area contributed by atoms with Crippen molar-refractivity contribution in [2.75, 3.05) is 19.5 Å². The molecule has 2 aromatic rings. The topological polar surface area (TPSA) is 53.1 Å². The molecule has 19 heavy (non-hydrogen) atoms. The van der Waals surface area contributed by atoms with Crippen molar-refractivity contribution in [3.63, 3.8) is 0 Å². The minimum absolute atomic E-state index is 0.468. The summed E-state index contributed by atoms with van der Waals surface area (Å²) in [7, 11) is 1.75. The summed E-state index contributed by atoms with van der Waals surface area (Å²) in [4.78, 5) is 4.72. The predicted molar refractivity (Wildman–Crippen MR) is 79.2 cm³/mol. The van der Waals surface area contributed by atoms with Crippen LogP contribution in [0.5, 0.6) is 0 Å². The van der Waals surface area contributed by atoms with Gasteiger partial charge in [0.15, 0.2) is 0 Å². The van der Waals surface area contributed by atoms with E-state index in [9.17, 15) is 0 Å². The van der Waals surface area contributed by atoms with Crippen molar-refractivity contribution >= 4 is 16.7 Å². The van der Waals surface area contributed by atoms with Crippen LogP contribution in [0.15, 0.2) is 18.2 Å². The van der Waals surface area contributed by atoms with Gasteiger partial charge in [0.2, 0.25) is 0 Å². The summed E-state index contributed by atoms with van der Waals surface area (Å²) in [5, 5.41) is 0. The van der Waals surface area contributed by atoms with Crippen LogP contribution in [0.4, 0.5) is 5.69 Å². The van der Waals surface area contributed by atoms with Crippen molar-refractivity contribution in [1.82, 2.24) is 9.55 Å². The Morgan fingerprint density at radius 2 is 2.21 bits per heavy atom. The molecule has 4 nitrogen and oxygen atoms in total. The zero-order chi connectivity index (χ0) is 13.8. The quantitative estimate of drug-likeness (QED) is 0.813. The van der Waals surface area contributed by atoms with Crippen molar-refractivity contribution in [3.8, 4) is 0 Å². The molecule has 0 saturated carbocycles. The Morgan fingerprint density at radius 3 is 2.89 bits per heavy atom. The third-order valence-electron chi connectivity index (χ3n) is 3.27. The van der Waals surface area contributed by atoms with Crippen molar-refractivity contribution in [3.05, 3.63) is 24.0 Å². The maximum atomic E-state index is 5.84. The molecule has 0 spiro atoms. The van der Waals surface area contributed by atoms with Gasteiger partial charge in [-0.15, -0.1) is 0 Å². The Kier molecular flexibility index (Phi) is 4.43. The van der Waals surface area contributed by atoms with Crippen LogP contribution in [-0.2, 0) is 17.7 Å². The summed E-state index contributed by atoms with van der Waals surface area (Å²) in [6, 6.07) is 5.96. The number of aromatic nitrogens is 2. The monoisotopic (exact) mass is 261 g/mol. The van der Waals surface area contributed by atoms with Gasteiger partial charge in [-0.25, -0.2) is 4.98 Å². The molecular weight excluding hydrogens is 238 g/mol. The van der Waals surface area contributed by atoms with Crippen LogP contribution < -0.4 is 5.73 Å². The molecular formula is C15H23N3O. The van der Waals surface area contributed by atoms with E-state index in [1.165, 1.54) is 5.52 Å². The number of ether oxygens (including phenoxy) is 1. The summed E-state index contributed by atoms with van der Waals surface area (Å²) in [5.41, 5.74) is 8.77. The first-order valence-corrected chi connectivity index (χ1v) is 6.89. The van der Waals surface area contributed by atoms with Gasteiger partial charge in [0, 0.05) is 25.8 Å². The summed E-state index contributed by atoms with van der Waals surface area (Å²) in [5.74, 6) is 1.61. The number of imidazole rings is 1. The Bertz CT molecular complexity index is 548. The zero-order valence-corrected chi connectivity index (χ0v) is 12.0. The number of hydrogen-bond acceptors (Lipinski definition) is 3. The highest BCUT2D eigenvalue weighted by Gasteiger charge is 2.13. The first-order chi connectivity index (χ1) is 9.15. The standard InChI is InChI=1S/C15H23N3O/c1-4-5-15-17-13-8-12(16)6-7-14(13)18(15)9-11(2)10-19-3/h6-8,11H,4-5,9-10,16H2,1-3H3. The summed E-state index contributed by atoms with van der Waals surface area (Å²) in [6.07, 6.45) is 2.09. The lowest BCUT2D eigenvalue weighted by atomic mass is 10.2. The van der Waals surface area contributed by atoms with Gasteiger partial charge in [-0.2, -0.15) is 0 Å². The Hall–Kier alpha value is -1.55. The van der Waals surface area contributed by atoms with Crippen LogP contribution in [0, 0.1) is 5.92 Å². The van der Waals surface area contributed by atoms with E-state index >= 15 is 0 Å². The minimum Gasteiger partial charge on any atom is -0.399 e. The highest BCUT2D eigenvalue weighted by atomic mass is 16.5. The number of nitrogen functional groups attached to an aromatic ring is 1. The van der Waals surface area contributed by atoms with E-state index in [0.717, 1.165) is 43.0 Å². The molecule has 0 bridgehead atoms. The first-order valence-electron chi connectivity index (χ1n) is 6.89. The van der Waals surface area contributed by atoms with Gasteiger partial charge in [-0.1, -0.05) is 13.8 Å². The van der Waals surface area contributed by atoms with Crippen molar-refractivity contribution in [2.24, 2.45) is 5.92 Å². The molecule has 2 rings (SSSR count). The molecule has 4 heteroatoms. The van der Waals surface area contributed by atoms with E-state index in [2.05, 4.69) is 24.5 Å². The average Bonchev–Trinajstić information content (AvgIpc) is 2.67. The van der Waals surface area contributed by atoms with Gasteiger partial charge < -0.3 is 15.0 Å². The third kappa shape index (κ3) is 3.07. The molecule has 1 aromatic carbocycles. The molecule has 0 fully saturated rings. The lowest BCUT2D eigenvalue weighted by Crippen LogP contribution is -2.14. The number of rotatable bonds is 6. The smallest absolute Gasteiger partial charge is 0.109 e. The molecule has 0 radical (unpaired) electrons. The first kappa shape index (κ1) is 13.9. The Balaban J connectivity index is 2.39. The molecule has 0 saturated heterocycles. The molecule has 1 aromatic heterocycles. The summed E-state index contributed by atoms with van der Waals surface area (Å²) in [6.45, 7) is 6.07. The Morgan fingerprint density at radius 1 is 1.42 bits per heavy atom. The van der Waals surface area contributed by atoms with E-state index in [4.69, 9.17) is 15.5 Å². The number of fused-ring (bicyclic) bond motifs is 1. The van der Waals surface area contributed by atoms with E-state index in [1.54, 1.807) is 7.11 Å². The second kappa shape index (κ2) is 6.06. The number of hydrogen-bond donors (Lipinski definition) is 1. The number of benzene rings is 1. The molecule has 0 amide bonds. The molecule has 2 N–H and O–H groups in total. The van der Waals surface area contributed by atoms with Gasteiger partial charge in [0.25, 0.3) is 0 Å². The second-order valence-electron chi connectivity index (χ2n) is 5.20. The van der Waals surface area contributed by atoms with Crippen LogP contribution in [0.1, 0.15) is 26.1 Å². The summed E-state index contributed by atoms with van der Waals surface area (Å²) >= 11 is 0. The van der Waals surface area contributed by atoms with Crippen LogP contribution in [-0.4, -0.2) is 23.3 Å². The van der Waals surface area contributed by atoms with Crippen LogP contribution in [0.2, 0.25) is 0 Å². The Labute approximate surface area is 114 Å². The maximum Gasteiger partial charge on any atom is 0.109 e. The average molecular weight is 261 g/mol. The van der Waals surface area contributed by atoms with Crippen molar-refractivity contribution in [1.29, 1.82) is 0 Å². The molecule has 1 atom stereocenters. The molecule has 1 unspecified atom stereocenters. The molecule has 0 aliphatic rings. The van der Waals surface area contributed by atoms with Crippen molar-refractivity contribution < 1.29 is 4.74 Å². The minimum atomic E-state index is 0.468. The van der Waals surface area contributed by atoms with E-state index < -0.39 is 0 Å². The largest absolute Gasteiger partial charge is 0.399 e. The molecule has 0 aliphatic heterocycles. The molecule has 0 aliphatic carbocycles. The number of nitrogens with two attached hydrogens (primary N) is 1. The predicted octanol–water partition coefficient (Wildman–Crippen LogP) is 2.85. The fourth-order valence-corrected chi connectivity index (χ4v) is 2.46. The highest BCUT2D eigenvalue weighted by Crippen LogP contribution is 2.21. The molecule has 1 heterocycles. The van der Waals surface area contributed by atoms with Crippen LogP contribution in [0.3, 0.4) is 0 Å². The highest BCUT2D eigenvalue weighted by molar-refractivity contribution is 5.79. The van der Waals surface area contributed by atoms with Crippen molar-refractivity contribution in [2.45, 2.75) is 33.2 Å². The number of methoxy groups -OCH3 is 1. The number of aryl methyl sites for hydroxylation is 1. The van der Waals surface area contributed by atoms with E-state index in [-0.39, 0.29) is 0 Å². The SMILES string of the molecule is CCCc1nc2cc(N)ccc2n1CC(C)COC. The normalized spacial score (nSPS) is 13.0. The van der Waals surface area contributed by atoms with E-state index in [0.29, 0.717) is 5.92 Å². The lowest BCUT2D eigenvalue weighted by molar-refractivity contribution is 0.151. The fraction of sp³-hybridized carbons (Fsp3) is 0.533. The van der Waals surface area contributed by atoms with Crippen LogP contribution in [0.25, 0.3) is 11.0 Å². The van der Waals surface area contributed by atoms with Gasteiger partial charge in [0.1, 0.15) is 5.82 Å². The van der Waals surface area contributed by atoms with Gasteiger partial charge in [-0.05, 0) is 30.5 Å². The third-order valence-corrected chi connectivity index (χ3v) is 3.27. The second-order valence-corrected chi connectivity index (χ2v) is 5.20. The van der Waals surface area contributed by atoms with Crippen LogP contribution >= 0.6 is 0 Å².